The third kappa shape index (κ3) is 1.94. The third-order valence-corrected chi connectivity index (χ3v) is 4.12. The van der Waals surface area contributed by atoms with Gasteiger partial charge in [0.05, 0.1) is 0 Å². The number of para-hydroxylation sites is 1. The number of aromatic hydroxyl groups is 1. The van der Waals surface area contributed by atoms with Gasteiger partial charge in [0.15, 0.2) is 0 Å². The van der Waals surface area contributed by atoms with Gasteiger partial charge in [0.2, 0.25) is 0 Å². The smallest absolute Gasteiger partial charge is 0.120 e. The number of rotatable bonds is 5. The predicted octanol–water partition coefficient (Wildman–Crippen LogP) is 2.67. The van der Waals surface area contributed by atoms with Crippen LogP contribution >= 0.6 is 0 Å². The van der Waals surface area contributed by atoms with Crippen molar-refractivity contribution >= 4 is 0 Å². The fourth-order valence-corrected chi connectivity index (χ4v) is 2.69. The maximum atomic E-state index is 9.64. The van der Waals surface area contributed by atoms with E-state index < -0.39 is 0 Å². The summed E-state index contributed by atoms with van der Waals surface area (Å²) < 4.78 is 0. The molecule has 0 aliphatic heterocycles. The summed E-state index contributed by atoms with van der Waals surface area (Å²) >= 11 is 0. The summed E-state index contributed by atoms with van der Waals surface area (Å²) in [7, 11) is 0. The minimum atomic E-state index is 0.409. The van der Waals surface area contributed by atoms with Gasteiger partial charge in [-0.05, 0) is 43.1 Å². The van der Waals surface area contributed by atoms with E-state index in [1.165, 1.54) is 25.7 Å². The molecule has 0 aromatic heterocycles. The monoisotopic (exact) mass is 217 g/mol. The number of nitrogens with one attached hydrogen (secondary N) is 1. The van der Waals surface area contributed by atoms with Crippen molar-refractivity contribution in [1.29, 1.82) is 0 Å². The molecular weight excluding hydrogens is 198 g/mol. The zero-order chi connectivity index (χ0) is 11.0. The molecule has 16 heavy (non-hydrogen) atoms. The number of phenolic OH excluding ortho intramolecular Hbond substituents is 1. The molecule has 0 bridgehead atoms. The Morgan fingerprint density at radius 1 is 1.25 bits per heavy atom. The van der Waals surface area contributed by atoms with E-state index in [-0.39, 0.29) is 0 Å². The summed E-state index contributed by atoms with van der Waals surface area (Å²) in [6, 6.07) is 7.58. The van der Waals surface area contributed by atoms with Gasteiger partial charge in [-0.2, -0.15) is 0 Å². The van der Waals surface area contributed by atoms with E-state index in [4.69, 9.17) is 0 Å². The zero-order valence-corrected chi connectivity index (χ0v) is 9.58. The molecule has 0 amide bonds. The Labute approximate surface area is 96.7 Å². The summed E-state index contributed by atoms with van der Waals surface area (Å²) in [4.78, 5) is 0. The molecule has 0 atom stereocenters. The van der Waals surface area contributed by atoms with Crippen LogP contribution in [0.15, 0.2) is 24.3 Å². The van der Waals surface area contributed by atoms with Crippen molar-refractivity contribution in [3.63, 3.8) is 0 Å². The minimum Gasteiger partial charge on any atom is -0.508 e. The van der Waals surface area contributed by atoms with Crippen molar-refractivity contribution in [2.45, 2.75) is 32.2 Å². The van der Waals surface area contributed by atoms with Crippen LogP contribution in [0.1, 0.15) is 31.2 Å². The average molecular weight is 217 g/mol. The van der Waals surface area contributed by atoms with Gasteiger partial charge in [-0.25, -0.2) is 0 Å². The van der Waals surface area contributed by atoms with E-state index in [0.717, 1.165) is 24.6 Å². The molecule has 2 aliphatic rings. The topological polar surface area (TPSA) is 32.3 Å². The fraction of sp³-hybridized carbons (Fsp3) is 0.571. The van der Waals surface area contributed by atoms with Crippen molar-refractivity contribution in [3.8, 4) is 5.75 Å². The molecule has 1 aromatic carbocycles. The van der Waals surface area contributed by atoms with Crippen LogP contribution < -0.4 is 5.32 Å². The van der Waals surface area contributed by atoms with Gasteiger partial charge in [0.1, 0.15) is 5.75 Å². The van der Waals surface area contributed by atoms with E-state index in [1.807, 2.05) is 18.2 Å². The van der Waals surface area contributed by atoms with Crippen LogP contribution in [0.3, 0.4) is 0 Å². The van der Waals surface area contributed by atoms with Crippen LogP contribution in [0.4, 0.5) is 0 Å². The molecule has 2 saturated carbocycles. The Hall–Kier alpha value is -1.02. The van der Waals surface area contributed by atoms with Gasteiger partial charge >= 0.3 is 0 Å². The van der Waals surface area contributed by atoms with Crippen LogP contribution in [0.5, 0.6) is 5.75 Å². The summed E-state index contributed by atoms with van der Waals surface area (Å²) in [5.41, 5.74) is 1.65. The highest BCUT2D eigenvalue weighted by Gasteiger charge is 2.53. The van der Waals surface area contributed by atoms with Crippen molar-refractivity contribution in [2.24, 2.45) is 11.3 Å². The van der Waals surface area contributed by atoms with Crippen LogP contribution in [-0.2, 0) is 6.54 Å². The predicted molar refractivity (Wildman–Crippen MR) is 64.2 cm³/mol. The fourth-order valence-electron chi connectivity index (χ4n) is 2.69. The third-order valence-electron chi connectivity index (χ3n) is 4.12. The maximum Gasteiger partial charge on any atom is 0.120 e. The summed E-state index contributed by atoms with van der Waals surface area (Å²) in [6.45, 7) is 1.92. The Morgan fingerprint density at radius 2 is 2.00 bits per heavy atom. The molecule has 86 valence electrons. The second-order valence-electron chi connectivity index (χ2n) is 5.37. The Bertz CT molecular complexity index is 380. The van der Waals surface area contributed by atoms with Crippen LogP contribution in [0.2, 0.25) is 0 Å². The van der Waals surface area contributed by atoms with Crippen LogP contribution in [0, 0.1) is 11.3 Å². The highest BCUT2D eigenvalue weighted by molar-refractivity contribution is 5.31. The second kappa shape index (κ2) is 3.77. The van der Waals surface area contributed by atoms with Gasteiger partial charge in [0, 0.05) is 18.7 Å². The Morgan fingerprint density at radius 3 is 2.62 bits per heavy atom. The van der Waals surface area contributed by atoms with E-state index in [0.29, 0.717) is 11.2 Å². The van der Waals surface area contributed by atoms with Gasteiger partial charge in [-0.15, -0.1) is 0 Å². The van der Waals surface area contributed by atoms with Gasteiger partial charge in [-0.3, -0.25) is 0 Å². The van der Waals surface area contributed by atoms with Crippen molar-refractivity contribution < 1.29 is 5.11 Å². The van der Waals surface area contributed by atoms with E-state index in [1.54, 1.807) is 6.07 Å². The first-order valence-electron chi connectivity index (χ1n) is 6.28. The molecule has 2 nitrogen and oxygen atoms in total. The average Bonchev–Trinajstić information content (AvgIpc) is 3.15. The SMILES string of the molecule is Oc1ccccc1CNCC1(C2CC2)CC1. The Kier molecular flexibility index (Phi) is 2.40. The first kappa shape index (κ1) is 10.2. The quantitative estimate of drug-likeness (QED) is 0.794. The normalized spacial score (nSPS) is 22.0. The van der Waals surface area contributed by atoms with Gasteiger partial charge in [-0.1, -0.05) is 18.2 Å². The largest absolute Gasteiger partial charge is 0.508 e. The summed E-state index contributed by atoms with van der Waals surface area (Å²) in [5, 5.41) is 13.1. The molecule has 0 spiro atoms. The molecule has 1 aromatic rings. The van der Waals surface area contributed by atoms with Crippen LogP contribution in [-0.4, -0.2) is 11.7 Å². The van der Waals surface area contributed by atoms with E-state index in [2.05, 4.69) is 5.32 Å². The van der Waals surface area contributed by atoms with Gasteiger partial charge in [0.25, 0.3) is 0 Å². The summed E-state index contributed by atoms with van der Waals surface area (Å²) in [5.74, 6) is 1.41. The first-order valence-corrected chi connectivity index (χ1v) is 6.28. The molecule has 2 fully saturated rings. The lowest BCUT2D eigenvalue weighted by molar-refractivity contribution is 0.399. The molecule has 0 radical (unpaired) electrons. The van der Waals surface area contributed by atoms with E-state index >= 15 is 0 Å². The second-order valence-corrected chi connectivity index (χ2v) is 5.37. The Balaban J connectivity index is 1.52. The highest BCUT2D eigenvalue weighted by atomic mass is 16.3. The van der Waals surface area contributed by atoms with Crippen LogP contribution in [0.25, 0.3) is 0 Å². The number of benzene rings is 1. The lowest BCUT2D eigenvalue weighted by Crippen LogP contribution is -2.25. The molecule has 0 heterocycles. The van der Waals surface area contributed by atoms with Crippen molar-refractivity contribution in [2.75, 3.05) is 6.54 Å². The molecule has 2 N–H and O–H groups in total. The molecule has 2 aliphatic carbocycles. The summed E-state index contributed by atoms with van der Waals surface area (Å²) in [6.07, 6.45) is 5.70. The molecular formula is C14H19NO. The minimum absolute atomic E-state index is 0.409. The van der Waals surface area contributed by atoms with Crippen molar-refractivity contribution in [1.82, 2.24) is 5.32 Å². The molecule has 2 heteroatoms. The lowest BCUT2D eigenvalue weighted by Gasteiger charge is -2.15. The molecule has 3 rings (SSSR count). The maximum absolute atomic E-state index is 9.64. The molecule has 0 unspecified atom stereocenters. The van der Waals surface area contributed by atoms with E-state index in [9.17, 15) is 5.11 Å². The zero-order valence-electron chi connectivity index (χ0n) is 9.58. The highest BCUT2D eigenvalue weighted by Crippen LogP contribution is 2.60. The van der Waals surface area contributed by atoms with Crippen molar-refractivity contribution in [3.05, 3.63) is 29.8 Å². The number of phenols is 1. The number of hydrogen-bond acceptors (Lipinski definition) is 2. The lowest BCUT2D eigenvalue weighted by atomic mass is 10.0. The first-order chi connectivity index (χ1) is 7.80. The van der Waals surface area contributed by atoms with Gasteiger partial charge < -0.3 is 10.4 Å². The number of hydrogen-bond donors (Lipinski definition) is 2. The standard InChI is InChI=1S/C14H19NO/c16-13-4-2-1-3-11(13)9-15-10-14(7-8-14)12-5-6-12/h1-4,12,15-16H,5-10H2. The molecule has 0 saturated heterocycles.